The minimum Gasteiger partial charge on any atom is -0.404 e. The number of hydrogen-bond donors (Lipinski definition) is 2. The molecule has 0 aliphatic rings. The van der Waals surface area contributed by atoms with E-state index in [2.05, 4.69) is 20.5 Å². The zero-order chi connectivity index (χ0) is 12.3. The van der Waals surface area contributed by atoms with Crippen LogP contribution in [0.3, 0.4) is 0 Å². The van der Waals surface area contributed by atoms with Crippen molar-refractivity contribution in [3.63, 3.8) is 0 Å². The van der Waals surface area contributed by atoms with Crippen LogP contribution < -0.4 is 5.32 Å². The molecule has 8 heteroatoms. The minimum absolute atomic E-state index is 0.0401. The van der Waals surface area contributed by atoms with Gasteiger partial charge in [0.15, 0.2) is 0 Å². The Morgan fingerprint density at radius 3 is 3.06 bits per heavy atom. The lowest BCUT2D eigenvalue weighted by Crippen LogP contribution is -2.18. The molecular formula is C9H11N5O3. The van der Waals surface area contributed by atoms with E-state index in [0.29, 0.717) is 18.1 Å². The fourth-order valence-electron chi connectivity index (χ4n) is 1.33. The lowest BCUT2D eigenvalue weighted by molar-refractivity contribution is -0.402. The molecule has 1 unspecified atom stereocenters. The highest BCUT2D eigenvalue weighted by atomic mass is 16.6. The maximum atomic E-state index is 10.4. The third kappa shape index (κ3) is 2.67. The molecule has 0 aliphatic carbocycles. The van der Waals surface area contributed by atoms with Gasteiger partial charge in [-0.25, -0.2) is 4.98 Å². The minimum atomic E-state index is -0.566. The number of aromatic nitrogens is 3. The monoisotopic (exact) mass is 237 g/mol. The molecule has 0 amide bonds. The van der Waals surface area contributed by atoms with Crippen LogP contribution in [0.25, 0.3) is 0 Å². The van der Waals surface area contributed by atoms with Gasteiger partial charge in [0.1, 0.15) is 22.8 Å². The second kappa shape index (κ2) is 4.74. The van der Waals surface area contributed by atoms with Crippen LogP contribution in [0.1, 0.15) is 24.6 Å². The van der Waals surface area contributed by atoms with Crippen LogP contribution in [-0.2, 0) is 6.54 Å². The second-order valence-corrected chi connectivity index (χ2v) is 3.47. The first-order valence-electron chi connectivity index (χ1n) is 4.98. The first-order valence-corrected chi connectivity index (χ1v) is 4.98. The van der Waals surface area contributed by atoms with E-state index in [1.165, 1.54) is 12.4 Å². The van der Waals surface area contributed by atoms with Gasteiger partial charge in [-0.3, -0.25) is 15.2 Å². The van der Waals surface area contributed by atoms with Crippen molar-refractivity contribution >= 4 is 5.88 Å². The predicted octanol–water partition coefficient (Wildman–Crippen LogP) is 1.16. The lowest BCUT2D eigenvalue weighted by atomic mass is 10.3. The fraction of sp³-hybridized carbons (Fsp3) is 0.333. The molecule has 0 saturated heterocycles. The lowest BCUT2D eigenvalue weighted by Gasteiger charge is -2.08. The van der Waals surface area contributed by atoms with Crippen molar-refractivity contribution in [3.8, 4) is 0 Å². The van der Waals surface area contributed by atoms with E-state index in [4.69, 9.17) is 4.42 Å². The highest BCUT2D eigenvalue weighted by Gasteiger charge is 2.13. The van der Waals surface area contributed by atoms with Crippen molar-refractivity contribution in [2.24, 2.45) is 0 Å². The van der Waals surface area contributed by atoms with Crippen LogP contribution in [0.2, 0.25) is 0 Å². The Morgan fingerprint density at radius 1 is 1.65 bits per heavy atom. The molecule has 0 radical (unpaired) electrons. The van der Waals surface area contributed by atoms with Gasteiger partial charge in [-0.2, -0.15) is 5.10 Å². The summed E-state index contributed by atoms with van der Waals surface area (Å²) < 4.78 is 5.01. The van der Waals surface area contributed by atoms with Gasteiger partial charge in [0.25, 0.3) is 0 Å². The van der Waals surface area contributed by atoms with Gasteiger partial charge in [0.2, 0.25) is 0 Å². The molecule has 2 rings (SSSR count). The quantitative estimate of drug-likeness (QED) is 0.596. The van der Waals surface area contributed by atoms with Crippen LogP contribution in [0.5, 0.6) is 0 Å². The molecule has 2 heterocycles. The van der Waals surface area contributed by atoms with Gasteiger partial charge in [0, 0.05) is 0 Å². The number of nitro groups is 1. The average Bonchev–Trinajstić information content (AvgIpc) is 2.97. The topological polar surface area (TPSA) is 110 Å². The summed E-state index contributed by atoms with van der Waals surface area (Å²) in [6.07, 6.45) is 1.42. The Labute approximate surface area is 96.2 Å². The number of hydrogen-bond acceptors (Lipinski definition) is 6. The highest BCUT2D eigenvalue weighted by Crippen LogP contribution is 2.16. The molecule has 90 valence electrons. The first kappa shape index (κ1) is 11.3. The van der Waals surface area contributed by atoms with Gasteiger partial charge >= 0.3 is 5.88 Å². The maximum Gasteiger partial charge on any atom is 0.433 e. The Kier molecular flexibility index (Phi) is 3.15. The van der Waals surface area contributed by atoms with E-state index in [-0.39, 0.29) is 11.9 Å². The summed E-state index contributed by atoms with van der Waals surface area (Å²) in [5.41, 5.74) is 0. The van der Waals surface area contributed by atoms with Crippen molar-refractivity contribution in [2.45, 2.75) is 19.5 Å². The Balaban J connectivity index is 1.91. The van der Waals surface area contributed by atoms with E-state index in [1.54, 1.807) is 6.07 Å². The molecule has 0 aliphatic heterocycles. The maximum absolute atomic E-state index is 10.4. The van der Waals surface area contributed by atoms with Crippen LogP contribution in [0.15, 0.2) is 22.9 Å². The smallest absolute Gasteiger partial charge is 0.404 e. The number of H-pyrrole nitrogens is 1. The third-order valence-electron chi connectivity index (χ3n) is 2.25. The van der Waals surface area contributed by atoms with E-state index >= 15 is 0 Å². The SMILES string of the molecule is CC(NCc1ccc([N+](=O)[O-])o1)c1ncn[nH]1. The van der Waals surface area contributed by atoms with Gasteiger partial charge in [0.05, 0.1) is 18.7 Å². The normalized spacial score (nSPS) is 12.5. The Bertz CT molecular complexity index is 492. The molecular weight excluding hydrogens is 226 g/mol. The Hall–Kier alpha value is -2.22. The largest absolute Gasteiger partial charge is 0.433 e. The van der Waals surface area contributed by atoms with Crippen LogP contribution in [0.4, 0.5) is 5.88 Å². The Morgan fingerprint density at radius 2 is 2.47 bits per heavy atom. The molecule has 0 saturated carbocycles. The van der Waals surface area contributed by atoms with Crippen molar-refractivity contribution in [3.05, 3.63) is 40.2 Å². The third-order valence-corrected chi connectivity index (χ3v) is 2.25. The van der Waals surface area contributed by atoms with E-state index in [0.717, 1.165) is 0 Å². The summed E-state index contributed by atoms with van der Waals surface area (Å²) in [4.78, 5) is 13.8. The number of rotatable bonds is 5. The zero-order valence-electron chi connectivity index (χ0n) is 9.08. The molecule has 0 fully saturated rings. The van der Waals surface area contributed by atoms with Crippen LogP contribution in [-0.4, -0.2) is 20.1 Å². The summed E-state index contributed by atoms with van der Waals surface area (Å²) in [6, 6.07) is 2.86. The highest BCUT2D eigenvalue weighted by molar-refractivity contribution is 5.17. The van der Waals surface area contributed by atoms with Gasteiger partial charge in [-0.05, 0) is 13.0 Å². The number of furan rings is 1. The summed E-state index contributed by atoms with van der Waals surface area (Å²) in [6.45, 7) is 2.29. The fourth-order valence-corrected chi connectivity index (χ4v) is 1.33. The molecule has 0 aromatic carbocycles. The van der Waals surface area contributed by atoms with E-state index in [1.807, 2.05) is 6.92 Å². The number of nitrogens with one attached hydrogen (secondary N) is 2. The number of aromatic amines is 1. The summed E-state index contributed by atoms with van der Waals surface area (Å²) >= 11 is 0. The number of nitrogens with zero attached hydrogens (tertiary/aromatic N) is 3. The van der Waals surface area contributed by atoms with Gasteiger partial charge in [-0.15, -0.1) is 0 Å². The molecule has 2 aromatic rings. The first-order chi connectivity index (χ1) is 8.16. The second-order valence-electron chi connectivity index (χ2n) is 3.47. The standard InChI is InChI=1S/C9H11N5O3/c1-6(9-11-5-12-13-9)10-4-7-2-3-8(17-7)14(15)16/h2-3,5-6,10H,4H2,1H3,(H,11,12,13). The molecule has 1 atom stereocenters. The zero-order valence-corrected chi connectivity index (χ0v) is 9.08. The van der Waals surface area contributed by atoms with E-state index < -0.39 is 4.92 Å². The summed E-state index contributed by atoms with van der Waals surface area (Å²) in [5, 5.41) is 20.0. The summed E-state index contributed by atoms with van der Waals surface area (Å²) in [5.74, 6) is 0.947. The van der Waals surface area contributed by atoms with Crippen LogP contribution >= 0.6 is 0 Å². The molecule has 8 nitrogen and oxygen atoms in total. The molecule has 2 N–H and O–H groups in total. The van der Waals surface area contributed by atoms with E-state index in [9.17, 15) is 10.1 Å². The summed E-state index contributed by atoms with van der Waals surface area (Å²) in [7, 11) is 0. The van der Waals surface area contributed by atoms with Crippen molar-refractivity contribution in [1.82, 2.24) is 20.5 Å². The van der Waals surface area contributed by atoms with Crippen molar-refractivity contribution < 1.29 is 9.34 Å². The van der Waals surface area contributed by atoms with Crippen molar-refractivity contribution in [1.29, 1.82) is 0 Å². The van der Waals surface area contributed by atoms with Gasteiger partial charge < -0.3 is 9.73 Å². The molecule has 2 aromatic heterocycles. The van der Waals surface area contributed by atoms with Gasteiger partial charge in [-0.1, -0.05) is 0 Å². The molecule has 0 bridgehead atoms. The molecule has 0 spiro atoms. The molecule has 17 heavy (non-hydrogen) atoms. The van der Waals surface area contributed by atoms with Crippen molar-refractivity contribution in [2.75, 3.05) is 0 Å². The van der Waals surface area contributed by atoms with Crippen LogP contribution in [0, 0.1) is 10.1 Å². The average molecular weight is 237 g/mol. The predicted molar refractivity (Wildman–Crippen MR) is 57.0 cm³/mol.